The molecular formula is C18H14F6O6S. The Balaban J connectivity index is 1.96. The largest absolute Gasteiger partial charge is 0.438 e. The molecule has 1 atom stereocenters. The number of carbonyl (C=O) groups excluding carboxylic acids is 1. The molecule has 1 aliphatic rings. The van der Waals surface area contributed by atoms with Gasteiger partial charge in [0.25, 0.3) is 10.1 Å². The lowest BCUT2D eigenvalue weighted by molar-refractivity contribution is -0.361. The molecule has 1 unspecified atom stereocenters. The molecule has 0 aromatic heterocycles. The number of hydrogen-bond acceptors (Lipinski definition) is 5. The first kappa shape index (κ1) is 23.3. The number of ether oxygens (including phenoxy) is 2. The molecule has 0 radical (unpaired) electrons. The summed E-state index contributed by atoms with van der Waals surface area (Å²) in [6.07, 6.45) is -14.1. The fraction of sp³-hybridized carbons (Fsp3) is 0.389. The number of fused-ring (bicyclic) bond motifs is 1. The van der Waals surface area contributed by atoms with Crippen LogP contribution in [0.1, 0.15) is 17.2 Å². The molecular weight excluding hydrogens is 458 g/mol. The Hall–Kier alpha value is -2.38. The van der Waals surface area contributed by atoms with Gasteiger partial charge in [0.2, 0.25) is 0 Å². The van der Waals surface area contributed by atoms with Crippen LogP contribution in [-0.4, -0.2) is 49.3 Å². The van der Waals surface area contributed by atoms with E-state index in [-0.39, 0.29) is 11.7 Å². The highest BCUT2D eigenvalue weighted by atomic mass is 32.2. The molecule has 13 heteroatoms. The van der Waals surface area contributed by atoms with Crippen molar-refractivity contribution in [3.05, 3.63) is 47.5 Å². The van der Waals surface area contributed by atoms with Gasteiger partial charge >= 0.3 is 23.9 Å². The van der Waals surface area contributed by atoms with Crippen molar-refractivity contribution in [3.63, 3.8) is 0 Å². The number of halogens is 6. The van der Waals surface area contributed by atoms with Gasteiger partial charge in [-0.3, -0.25) is 9.35 Å². The van der Waals surface area contributed by atoms with E-state index in [1.165, 1.54) is 12.1 Å². The molecule has 1 saturated heterocycles. The number of esters is 1. The molecule has 170 valence electrons. The molecule has 0 bridgehead atoms. The van der Waals surface area contributed by atoms with Crippen LogP contribution in [0, 0.1) is 0 Å². The van der Waals surface area contributed by atoms with E-state index in [4.69, 9.17) is 9.29 Å². The minimum Gasteiger partial charge on any atom is -0.438 e. The first-order valence-corrected chi connectivity index (χ1v) is 10.2. The van der Waals surface area contributed by atoms with Gasteiger partial charge in [-0.1, -0.05) is 36.4 Å². The second-order valence-corrected chi connectivity index (χ2v) is 8.38. The third kappa shape index (κ3) is 4.93. The van der Waals surface area contributed by atoms with Crippen LogP contribution in [0.3, 0.4) is 0 Å². The average molecular weight is 472 g/mol. The van der Waals surface area contributed by atoms with E-state index in [1.807, 2.05) is 0 Å². The highest BCUT2D eigenvalue weighted by molar-refractivity contribution is 7.85. The predicted octanol–water partition coefficient (Wildman–Crippen LogP) is 3.75. The minimum absolute atomic E-state index is 0.0410. The van der Waals surface area contributed by atoms with Crippen LogP contribution < -0.4 is 0 Å². The van der Waals surface area contributed by atoms with Crippen molar-refractivity contribution >= 4 is 26.9 Å². The van der Waals surface area contributed by atoms with Gasteiger partial charge in [-0.25, -0.2) is 0 Å². The van der Waals surface area contributed by atoms with E-state index in [0.717, 1.165) is 5.39 Å². The molecule has 0 amide bonds. The minimum atomic E-state index is -6.37. The molecule has 1 N–H and O–H groups in total. The van der Waals surface area contributed by atoms with E-state index in [1.54, 1.807) is 24.3 Å². The van der Waals surface area contributed by atoms with Crippen LogP contribution in [0.2, 0.25) is 0 Å². The van der Waals surface area contributed by atoms with Gasteiger partial charge in [0.1, 0.15) is 11.9 Å². The Morgan fingerprint density at radius 3 is 2.19 bits per heavy atom. The van der Waals surface area contributed by atoms with Crippen molar-refractivity contribution in [3.8, 4) is 0 Å². The van der Waals surface area contributed by atoms with Crippen molar-refractivity contribution in [2.75, 3.05) is 12.4 Å². The van der Waals surface area contributed by atoms with Gasteiger partial charge in [-0.05, 0) is 21.9 Å². The predicted molar refractivity (Wildman–Crippen MR) is 93.7 cm³/mol. The Bertz CT molecular complexity index is 1090. The first-order valence-electron chi connectivity index (χ1n) is 8.56. The van der Waals surface area contributed by atoms with Crippen LogP contribution in [0.25, 0.3) is 10.8 Å². The molecule has 0 aliphatic carbocycles. The lowest BCUT2D eigenvalue weighted by Gasteiger charge is -2.35. The van der Waals surface area contributed by atoms with E-state index in [0.29, 0.717) is 17.6 Å². The van der Waals surface area contributed by atoms with Gasteiger partial charge in [0.15, 0.2) is 0 Å². The lowest BCUT2D eigenvalue weighted by atomic mass is 9.97. The molecule has 2 aromatic carbocycles. The Morgan fingerprint density at radius 1 is 1.10 bits per heavy atom. The van der Waals surface area contributed by atoms with Crippen molar-refractivity contribution in [1.29, 1.82) is 0 Å². The lowest BCUT2D eigenvalue weighted by Crippen LogP contribution is -2.63. The van der Waals surface area contributed by atoms with Crippen molar-refractivity contribution in [1.82, 2.24) is 0 Å². The smallest absolute Gasteiger partial charge is 0.438 e. The highest BCUT2D eigenvalue weighted by Gasteiger charge is 2.75. The first-order chi connectivity index (χ1) is 14.1. The van der Waals surface area contributed by atoms with Crippen LogP contribution >= 0.6 is 0 Å². The van der Waals surface area contributed by atoms with E-state index in [9.17, 15) is 39.6 Å². The topological polar surface area (TPSA) is 93.2 Å². The van der Waals surface area contributed by atoms with Crippen molar-refractivity contribution < 1.29 is 53.6 Å². The summed E-state index contributed by atoms with van der Waals surface area (Å²) in [6, 6.07) is 9.51. The van der Waals surface area contributed by atoms with Crippen LogP contribution in [0.4, 0.5) is 26.3 Å². The summed E-state index contributed by atoms with van der Waals surface area (Å²) >= 11 is 0. The molecule has 31 heavy (non-hydrogen) atoms. The van der Waals surface area contributed by atoms with Crippen molar-refractivity contribution in [2.45, 2.75) is 30.5 Å². The molecule has 1 aliphatic heterocycles. The standard InChI is InChI=1S/C18H14F6O6S/c19-17(20,21)16(18(22,23)24,9-31(26,27)28)30-15(25)7-10-5-11-3-1-2-4-12(11)13(6-10)14-8-29-14/h1-6,14H,7-9H2,(H,26,27,28). The zero-order chi connectivity index (χ0) is 23.2. The number of alkyl halides is 6. The summed E-state index contributed by atoms with van der Waals surface area (Å²) < 4.78 is 119. The summed E-state index contributed by atoms with van der Waals surface area (Å²) in [6.45, 7) is 0.359. The van der Waals surface area contributed by atoms with E-state index in [2.05, 4.69) is 4.74 Å². The molecule has 2 aromatic rings. The number of carbonyl (C=O) groups is 1. The monoisotopic (exact) mass is 472 g/mol. The number of benzene rings is 2. The molecule has 1 fully saturated rings. The zero-order valence-electron chi connectivity index (χ0n) is 15.3. The molecule has 3 rings (SSSR count). The number of epoxide rings is 1. The Kier molecular flexibility index (Phi) is 5.74. The SMILES string of the molecule is O=C(Cc1cc(C2CO2)c2ccccc2c1)OC(CS(=O)(=O)O)(C(F)(F)F)C(F)(F)F. The second-order valence-electron chi connectivity index (χ2n) is 6.93. The maximum atomic E-state index is 13.3. The average Bonchev–Trinajstić information content (AvgIpc) is 3.42. The highest BCUT2D eigenvalue weighted by Crippen LogP contribution is 2.47. The fourth-order valence-electron chi connectivity index (χ4n) is 3.12. The normalized spacial score (nSPS) is 17.6. The van der Waals surface area contributed by atoms with Crippen LogP contribution in [-0.2, 0) is 30.8 Å². The molecule has 1 heterocycles. The third-order valence-corrected chi connectivity index (χ3v) is 5.34. The Labute approximate surface area is 171 Å². The van der Waals surface area contributed by atoms with Gasteiger partial charge < -0.3 is 9.47 Å². The van der Waals surface area contributed by atoms with Crippen molar-refractivity contribution in [2.24, 2.45) is 0 Å². The summed E-state index contributed by atoms with van der Waals surface area (Å²) in [5.41, 5.74) is -4.79. The second kappa shape index (κ2) is 7.64. The van der Waals surface area contributed by atoms with Gasteiger partial charge in [-0.15, -0.1) is 0 Å². The Morgan fingerprint density at radius 2 is 1.68 bits per heavy atom. The van der Waals surface area contributed by atoms with E-state index < -0.39 is 46.2 Å². The van der Waals surface area contributed by atoms with Crippen LogP contribution in [0.15, 0.2) is 36.4 Å². The molecule has 0 spiro atoms. The van der Waals surface area contributed by atoms with Gasteiger partial charge in [-0.2, -0.15) is 34.8 Å². The fourth-order valence-corrected chi connectivity index (χ4v) is 4.02. The third-order valence-electron chi connectivity index (χ3n) is 4.57. The van der Waals surface area contributed by atoms with Crippen LogP contribution in [0.5, 0.6) is 0 Å². The maximum Gasteiger partial charge on any atom is 0.438 e. The molecule has 0 saturated carbocycles. The maximum absolute atomic E-state index is 13.3. The zero-order valence-corrected chi connectivity index (χ0v) is 16.1. The van der Waals surface area contributed by atoms with Gasteiger partial charge in [0, 0.05) is 0 Å². The molecule has 6 nitrogen and oxygen atoms in total. The summed E-state index contributed by atoms with van der Waals surface area (Å²) in [7, 11) is -5.84. The number of hydrogen-bond donors (Lipinski definition) is 1. The summed E-state index contributed by atoms with van der Waals surface area (Å²) in [5, 5.41) is 1.29. The summed E-state index contributed by atoms with van der Waals surface area (Å²) in [4.78, 5) is 12.1. The van der Waals surface area contributed by atoms with E-state index >= 15 is 0 Å². The van der Waals surface area contributed by atoms with Gasteiger partial charge in [0.05, 0.1) is 13.0 Å². The summed E-state index contributed by atoms with van der Waals surface area (Å²) in [5.74, 6) is -4.89. The quantitative estimate of drug-likeness (QED) is 0.298. The number of rotatable bonds is 6.